The Balaban J connectivity index is 1.92. The van der Waals surface area contributed by atoms with E-state index in [0.29, 0.717) is 16.1 Å². The van der Waals surface area contributed by atoms with Crippen molar-refractivity contribution in [2.24, 2.45) is 0 Å². The molecule has 0 amide bonds. The van der Waals surface area contributed by atoms with Crippen LogP contribution in [0.3, 0.4) is 0 Å². The lowest BCUT2D eigenvalue weighted by Crippen LogP contribution is -2.33. The van der Waals surface area contributed by atoms with E-state index < -0.39 is 0 Å². The van der Waals surface area contributed by atoms with Gasteiger partial charge in [0.15, 0.2) is 0 Å². The van der Waals surface area contributed by atoms with Gasteiger partial charge in [-0.25, -0.2) is 0 Å². The molecule has 0 spiro atoms. The molecule has 1 nitrogen and oxygen atoms in total. The van der Waals surface area contributed by atoms with Crippen LogP contribution in [0.2, 0.25) is 10.0 Å². The normalized spacial score (nSPS) is 17.6. The average molecular weight is 332 g/mol. The lowest BCUT2D eigenvalue weighted by molar-refractivity contribution is 0.572. The van der Waals surface area contributed by atoms with Crippen LogP contribution in [0.4, 0.5) is 0 Å². The first-order valence-electron chi connectivity index (χ1n) is 7.48. The van der Waals surface area contributed by atoms with Crippen LogP contribution in [0.15, 0.2) is 18.2 Å². The molecule has 0 aliphatic heterocycles. The Morgan fingerprint density at radius 3 is 2.75 bits per heavy atom. The van der Waals surface area contributed by atoms with Gasteiger partial charge in [0.1, 0.15) is 0 Å². The molecule has 112 valence electrons. The molecule has 4 heteroatoms. The molecule has 1 aliphatic rings. The highest BCUT2D eigenvalue weighted by Gasteiger charge is 2.18. The van der Waals surface area contributed by atoms with E-state index in [0.717, 1.165) is 29.5 Å². The molecule has 0 saturated heterocycles. The minimum absolute atomic E-state index is 0.474. The maximum absolute atomic E-state index is 6.30. The van der Waals surface area contributed by atoms with Crippen LogP contribution in [0.25, 0.3) is 0 Å². The van der Waals surface area contributed by atoms with E-state index in [2.05, 4.69) is 30.1 Å². The summed E-state index contributed by atoms with van der Waals surface area (Å²) >= 11 is 14.5. The van der Waals surface area contributed by atoms with Crippen LogP contribution in [0.5, 0.6) is 0 Å². The SMILES string of the molecule is CCNC(CSC1CCCC1)Cc1cccc(Cl)c1Cl. The van der Waals surface area contributed by atoms with Gasteiger partial charge in [-0.3, -0.25) is 0 Å². The van der Waals surface area contributed by atoms with E-state index in [4.69, 9.17) is 23.2 Å². The summed E-state index contributed by atoms with van der Waals surface area (Å²) in [6.45, 7) is 3.15. The summed E-state index contributed by atoms with van der Waals surface area (Å²) in [5.41, 5.74) is 1.15. The Hall–Kier alpha value is 0.110. The second kappa shape index (κ2) is 8.53. The number of nitrogens with one attached hydrogen (secondary N) is 1. The third-order valence-corrected chi connectivity index (χ3v) is 6.22. The van der Waals surface area contributed by atoms with Crippen LogP contribution in [-0.2, 0) is 6.42 Å². The van der Waals surface area contributed by atoms with Crippen molar-refractivity contribution in [2.45, 2.75) is 50.3 Å². The molecule has 1 saturated carbocycles. The highest BCUT2D eigenvalue weighted by atomic mass is 35.5. The van der Waals surface area contributed by atoms with Crippen LogP contribution in [0.1, 0.15) is 38.2 Å². The van der Waals surface area contributed by atoms with Gasteiger partial charge in [0.05, 0.1) is 10.0 Å². The van der Waals surface area contributed by atoms with Crippen molar-refractivity contribution in [3.8, 4) is 0 Å². The first kappa shape index (κ1) is 16.5. The van der Waals surface area contributed by atoms with E-state index >= 15 is 0 Å². The first-order valence-corrected chi connectivity index (χ1v) is 9.29. The van der Waals surface area contributed by atoms with Crippen LogP contribution >= 0.6 is 35.0 Å². The second-order valence-corrected chi connectivity index (χ2v) is 7.53. The maximum atomic E-state index is 6.30. The number of halogens is 2. The van der Waals surface area contributed by atoms with E-state index in [9.17, 15) is 0 Å². The summed E-state index contributed by atoms with van der Waals surface area (Å²) < 4.78 is 0. The molecule has 0 heterocycles. The van der Waals surface area contributed by atoms with Gasteiger partial charge in [0, 0.05) is 17.0 Å². The summed E-state index contributed by atoms with van der Waals surface area (Å²) in [5.74, 6) is 1.15. The lowest BCUT2D eigenvalue weighted by atomic mass is 10.1. The molecular formula is C16H23Cl2NS. The average Bonchev–Trinajstić information content (AvgIpc) is 2.94. The standard InChI is InChI=1S/C16H23Cl2NS/c1-2-19-13(11-20-14-7-3-4-8-14)10-12-6-5-9-15(17)16(12)18/h5-6,9,13-14,19H,2-4,7-8,10-11H2,1H3. The quantitative estimate of drug-likeness (QED) is 0.737. The fraction of sp³-hybridized carbons (Fsp3) is 0.625. The summed E-state index contributed by atoms with van der Waals surface area (Å²) in [6, 6.07) is 6.39. The van der Waals surface area contributed by atoms with Gasteiger partial charge >= 0.3 is 0 Å². The Bertz CT molecular complexity index is 419. The van der Waals surface area contributed by atoms with Crippen molar-refractivity contribution in [2.75, 3.05) is 12.3 Å². The third-order valence-electron chi connectivity index (χ3n) is 3.83. The van der Waals surface area contributed by atoms with Gasteiger partial charge in [-0.05, 0) is 37.4 Å². The van der Waals surface area contributed by atoms with E-state index in [1.807, 2.05) is 12.1 Å². The van der Waals surface area contributed by atoms with Crippen molar-refractivity contribution < 1.29 is 0 Å². The summed E-state index contributed by atoms with van der Waals surface area (Å²) in [5, 5.41) is 5.81. The van der Waals surface area contributed by atoms with Crippen LogP contribution in [-0.4, -0.2) is 23.6 Å². The number of hydrogen-bond acceptors (Lipinski definition) is 2. The van der Waals surface area contributed by atoms with E-state index in [1.165, 1.54) is 25.7 Å². The Morgan fingerprint density at radius 1 is 1.30 bits per heavy atom. The number of hydrogen-bond donors (Lipinski definition) is 1. The van der Waals surface area contributed by atoms with Gasteiger partial charge in [-0.15, -0.1) is 0 Å². The Labute approximate surface area is 136 Å². The molecule has 1 atom stereocenters. The molecular weight excluding hydrogens is 309 g/mol. The molecule has 1 unspecified atom stereocenters. The van der Waals surface area contributed by atoms with E-state index in [-0.39, 0.29) is 0 Å². The van der Waals surface area contributed by atoms with Crippen LogP contribution < -0.4 is 5.32 Å². The zero-order valence-corrected chi connectivity index (χ0v) is 14.3. The van der Waals surface area contributed by atoms with Gasteiger partial charge in [0.2, 0.25) is 0 Å². The van der Waals surface area contributed by atoms with Crippen molar-refractivity contribution >= 4 is 35.0 Å². The molecule has 1 N–H and O–H groups in total. The smallest absolute Gasteiger partial charge is 0.0624 e. The van der Waals surface area contributed by atoms with Gasteiger partial charge < -0.3 is 5.32 Å². The third kappa shape index (κ3) is 4.84. The predicted molar refractivity (Wildman–Crippen MR) is 92.3 cm³/mol. The zero-order chi connectivity index (χ0) is 14.4. The highest BCUT2D eigenvalue weighted by molar-refractivity contribution is 7.99. The van der Waals surface area contributed by atoms with Gasteiger partial charge in [-0.1, -0.05) is 55.1 Å². The van der Waals surface area contributed by atoms with Gasteiger partial charge in [0.25, 0.3) is 0 Å². The topological polar surface area (TPSA) is 12.0 Å². The number of benzene rings is 1. The molecule has 1 fully saturated rings. The minimum atomic E-state index is 0.474. The lowest BCUT2D eigenvalue weighted by Gasteiger charge is -2.20. The fourth-order valence-corrected chi connectivity index (χ4v) is 4.56. The van der Waals surface area contributed by atoms with Gasteiger partial charge in [-0.2, -0.15) is 11.8 Å². The Morgan fingerprint density at radius 2 is 2.05 bits per heavy atom. The molecule has 20 heavy (non-hydrogen) atoms. The summed E-state index contributed by atoms with van der Waals surface area (Å²) in [6.07, 6.45) is 6.54. The van der Waals surface area contributed by atoms with Crippen molar-refractivity contribution in [3.63, 3.8) is 0 Å². The van der Waals surface area contributed by atoms with Crippen molar-refractivity contribution in [1.82, 2.24) is 5.32 Å². The Kier molecular flexibility index (Phi) is 7.03. The zero-order valence-electron chi connectivity index (χ0n) is 12.0. The fourth-order valence-electron chi connectivity index (χ4n) is 2.76. The summed E-state index contributed by atoms with van der Waals surface area (Å²) in [4.78, 5) is 0. The molecule has 2 rings (SSSR count). The number of likely N-dealkylation sites (N-methyl/N-ethyl adjacent to an activating group) is 1. The number of rotatable bonds is 7. The minimum Gasteiger partial charge on any atom is -0.313 e. The van der Waals surface area contributed by atoms with E-state index in [1.54, 1.807) is 0 Å². The first-order chi connectivity index (χ1) is 9.70. The van der Waals surface area contributed by atoms with Crippen LogP contribution in [0, 0.1) is 0 Å². The summed E-state index contributed by atoms with van der Waals surface area (Å²) in [7, 11) is 0. The molecule has 1 aliphatic carbocycles. The molecule has 0 radical (unpaired) electrons. The van der Waals surface area contributed by atoms with Crippen molar-refractivity contribution in [3.05, 3.63) is 33.8 Å². The predicted octanol–water partition coefficient (Wildman–Crippen LogP) is 5.19. The highest BCUT2D eigenvalue weighted by Crippen LogP contribution is 2.31. The maximum Gasteiger partial charge on any atom is 0.0624 e. The second-order valence-electron chi connectivity index (χ2n) is 5.41. The molecule has 1 aromatic rings. The monoisotopic (exact) mass is 331 g/mol. The molecule has 1 aromatic carbocycles. The number of thioether (sulfide) groups is 1. The molecule has 0 aromatic heterocycles. The van der Waals surface area contributed by atoms with Crippen molar-refractivity contribution in [1.29, 1.82) is 0 Å². The molecule has 0 bridgehead atoms. The largest absolute Gasteiger partial charge is 0.313 e.